The highest BCUT2D eigenvalue weighted by molar-refractivity contribution is 9.10. The second-order valence-electron chi connectivity index (χ2n) is 4.18. The minimum atomic E-state index is -0.147. The molecule has 2 aromatic carbocycles. The van der Waals surface area contributed by atoms with E-state index in [-0.39, 0.29) is 6.10 Å². The molecular formula is C15H15BrClNO. The van der Waals surface area contributed by atoms with E-state index in [9.17, 15) is 0 Å². The molecule has 0 fully saturated rings. The predicted octanol–water partition coefficient (Wildman–Crippen LogP) is 4.32. The zero-order chi connectivity index (χ0) is 13.7. The maximum atomic E-state index is 5.98. The lowest BCUT2D eigenvalue weighted by molar-refractivity contribution is 0.0453. The Morgan fingerprint density at radius 1 is 1.16 bits per heavy atom. The molecule has 19 heavy (non-hydrogen) atoms. The highest BCUT2D eigenvalue weighted by Crippen LogP contribution is 2.23. The van der Waals surface area contributed by atoms with Gasteiger partial charge in [-0.3, -0.25) is 0 Å². The third kappa shape index (κ3) is 4.05. The van der Waals surface area contributed by atoms with Crippen molar-refractivity contribution in [3.8, 4) is 0 Å². The number of benzene rings is 2. The molecule has 0 heterocycles. The second kappa shape index (κ2) is 7.06. The fourth-order valence-corrected chi connectivity index (χ4v) is 2.41. The summed E-state index contributed by atoms with van der Waals surface area (Å²) >= 11 is 9.49. The van der Waals surface area contributed by atoms with Gasteiger partial charge in [-0.2, -0.15) is 0 Å². The van der Waals surface area contributed by atoms with Crippen molar-refractivity contribution in [2.75, 3.05) is 6.54 Å². The van der Waals surface area contributed by atoms with Crippen LogP contribution in [0.3, 0.4) is 0 Å². The molecule has 2 N–H and O–H groups in total. The van der Waals surface area contributed by atoms with E-state index in [1.165, 1.54) is 0 Å². The van der Waals surface area contributed by atoms with Gasteiger partial charge in [-0.15, -0.1) is 0 Å². The average Bonchev–Trinajstić information content (AvgIpc) is 2.41. The minimum Gasteiger partial charge on any atom is -0.367 e. The first-order chi connectivity index (χ1) is 9.20. The van der Waals surface area contributed by atoms with Gasteiger partial charge in [0.25, 0.3) is 0 Å². The first-order valence-corrected chi connectivity index (χ1v) is 7.18. The molecule has 1 atom stereocenters. The van der Waals surface area contributed by atoms with Crippen molar-refractivity contribution in [2.24, 2.45) is 5.73 Å². The molecule has 2 aromatic rings. The molecule has 0 saturated carbocycles. The predicted molar refractivity (Wildman–Crippen MR) is 82.2 cm³/mol. The third-order valence-corrected chi connectivity index (χ3v) is 3.84. The summed E-state index contributed by atoms with van der Waals surface area (Å²) in [5.74, 6) is 0. The van der Waals surface area contributed by atoms with Crippen LogP contribution in [-0.4, -0.2) is 6.54 Å². The summed E-state index contributed by atoms with van der Waals surface area (Å²) in [6.07, 6.45) is -0.147. The molecule has 0 radical (unpaired) electrons. The molecule has 100 valence electrons. The normalized spacial score (nSPS) is 12.4. The Balaban J connectivity index is 2.06. The highest BCUT2D eigenvalue weighted by Gasteiger charge is 2.11. The van der Waals surface area contributed by atoms with Gasteiger partial charge in [-0.25, -0.2) is 0 Å². The topological polar surface area (TPSA) is 35.2 Å². The van der Waals surface area contributed by atoms with Gasteiger partial charge in [0.05, 0.1) is 12.7 Å². The van der Waals surface area contributed by atoms with Gasteiger partial charge in [0.15, 0.2) is 0 Å². The largest absolute Gasteiger partial charge is 0.367 e. The van der Waals surface area contributed by atoms with Crippen molar-refractivity contribution in [1.29, 1.82) is 0 Å². The Morgan fingerprint density at radius 3 is 2.63 bits per heavy atom. The van der Waals surface area contributed by atoms with E-state index < -0.39 is 0 Å². The van der Waals surface area contributed by atoms with E-state index in [4.69, 9.17) is 22.1 Å². The molecule has 0 aliphatic heterocycles. The van der Waals surface area contributed by atoms with Gasteiger partial charge in [0.2, 0.25) is 0 Å². The number of ether oxygens (including phenoxy) is 1. The standard InChI is InChI=1S/C15H15BrClNO/c16-14-7-2-1-4-12(14)10-19-15(9-18)11-5-3-6-13(17)8-11/h1-8,15H,9-10,18H2. The Hall–Kier alpha value is -0.870. The van der Waals surface area contributed by atoms with Crippen molar-refractivity contribution < 1.29 is 4.74 Å². The third-order valence-electron chi connectivity index (χ3n) is 2.83. The summed E-state index contributed by atoms with van der Waals surface area (Å²) in [5, 5.41) is 0.695. The van der Waals surface area contributed by atoms with Crippen LogP contribution in [-0.2, 0) is 11.3 Å². The van der Waals surface area contributed by atoms with Gasteiger partial charge < -0.3 is 10.5 Å². The first-order valence-electron chi connectivity index (χ1n) is 6.01. The van der Waals surface area contributed by atoms with Crippen molar-refractivity contribution in [3.63, 3.8) is 0 Å². The molecule has 1 unspecified atom stereocenters. The molecule has 0 aliphatic rings. The summed E-state index contributed by atoms with van der Waals surface area (Å²) in [7, 11) is 0. The van der Waals surface area contributed by atoms with Crippen molar-refractivity contribution >= 4 is 27.5 Å². The van der Waals surface area contributed by atoms with Crippen LogP contribution in [0.4, 0.5) is 0 Å². The van der Waals surface area contributed by atoms with Crippen LogP contribution >= 0.6 is 27.5 Å². The van der Waals surface area contributed by atoms with Crippen LogP contribution in [0.25, 0.3) is 0 Å². The van der Waals surface area contributed by atoms with Gasteiger partial charge in [-0.1, -0.05) is 57.9 Å². The molecular weight excluding hydrogens is 326 g/mol. The van der Waals surface area contributed by atoms with Crippen molar-refractivity contribution in [3.05, 3.63) is 69.2 Å². The Bertz CT molecular complexity index is 547. The SMILES string of the molecule is NCC(OCc1ccccc1Br)c1cccc(Cl)c1. The summed E-state index contributed by atoms with van der Waals surface area (Å²) in [6, 6.07) is 15.6. The number of rotatable bonds is 5. The minimum absolute atomic E-state index is 0.147. The number of nitrogens with two attached hydrogens (primary N) is 1. The molecule has 2 nitrogen and oxygen atoms in total. The van der Waals surface area contributed by atoms with E-state index in [0.29, 0.717) is 18.2 Å². The van der Waals surface area contributed by atoms with Crippen molar-refractivity contribution in [1.82, 2.24) is 0 Å². The number of hydrogen-bond donors (Lipinski definition) is 1. The zero-order valence-corrected chi connectivity index (χ0v) is 12.7. The molecule has 4 heteroatoms. The molecule has 0 aromatic heterocycles. The van der Waals surface area contributed by atoms with E-state index in [1.54, 1.807) is 0 Å². The fourth-order valence-electron chi connectivity index (χ4n) is 1.81. The fraction of sp³-hybridized carbons (Fsp3) is 0.200. The summed E-state index contributed by atoms with van der Waals surface area (Å²) in [4.78, 5) is 0. The van der Waals surface area contributed by atoms with Crippen LogP contribution in [0.5, 0.6) is 0 Å². The van der Waals surface area contributed by atoms with Gasteiger partial charge in [0.1, 0.15) is 0 Å². The Morgan fingerprint density at radius 2 is 1.95 bits per heavy atom. The molecule has 0 bridgehead atoms. The van der Waals surface area contributed by atoms with Crippen LogP contribution in [0.2, 0.25) is 5.02 Å². The number of hydrogen-bond acceptors (Lipinski definition) is 2. The maximum absolute atomic E-state index is 5.98. The maximum Gasteiger partial charge on any atom is 0.0952 e. The van der Waals surface area contributed by atoms with Gasteiger partial charge in [-0.05, 0) is 29.3 Å². The number of halogens is 2. The van der Waals surface area contributed by atoms with Crippen LogP contribution < -0.4 is 5.73 Å². The van der Waals surface area contributed by atoms with Crippen molar-refractivity contribution in [2.45, 2.75) is 12.7 Å². The lowest BCUT2D eigenvalue weighted by Crippen LogP contribution is -2.15. The van der Waals surface area contributed by atoms with Gasteiger partial charge >= 0.3 is 0 Å². The van der Waals surface area contributed by atoms with E-state index in [2.05, 4.69) is 15.9 Å². The summed E-state index contributed by atoms with van der Waals surface area (Å²) in [5.41, 5.74) is 7.88. The molecule has 0 amide bonds. The zero-order valence-electron chi connectivity index (χ0n) is 10.4. The van der Waals surface area contributed by atoms with Crippen LogP contribution in [0.15, 0.2) is 53.0 Å². The van der Waals surface area contributed by atoms with E-state index in [0.717, 1.165) is 15.6 Å². The summed E-state index contributed by atoms with van der Waals surface area (Å²) < 4.78 is 6.92. The molecule has 2 rings (SSSR count). The average molecular weight is 341 g/mol. The second-order valence-corrected chi connectivity index (χ2v) is 5.47. The lowest BCUT2D eigenvalue weighted by Gasteiger charge is -2.17. The molecule has 0 spiro atoms. The molecule has 0 aliphatic carbocycles. The van der Waals surface area contributed by atoms with Gasteiger partial charge in [0, 0.05) is 16.0 Å². The van der Waals surface area contributed by atoms with E-state index >= 15 is 0 Å². The quantitative estimate of drug-likeness (QED) is 0.880. The first kappa shape index (κ1) is 14.5. The van der Waals surface area contributed by atoms with Crippen LogP contribution in [0, 0.1) is 0 Å². The monoisotopic (exact) mass is 339 g/mol. The summed E-state index contributed by atoms with van der Waals surface area (Å²) in [6.45, 7) is 0.931. The lowest BCUT2D eigenvalue weighted by atomic mass is 10.1. The Labute approximate surface area is 126 Å². The van der Waals surface area contributed by atoms with Crippen LogP contribution in [0.1, 0.15) is 17.2 Å². The highest BCUT2D eigenvalue weighted by atomic mass is 79.9. The molecule has 0 saturated heterocycles. The smallest absolute Gasteiger partial charge is 0.0952 e. The van der Waals surface area contributed by atoms with E-state index in [1.807, 2.05) is 48.5 Å². The Kier molecular flexibility index (Phi) is 5.40.